The first-order valence-electron chi connectivity index (χ1n) is 6.80. The zero-order valence-electron chi connectivity index (χ0n) is 12.8. The van der Waals surface area contributed by atoms with Crippen LogP contribution in [0.2, 0.25) is 0 Å². The molecule has 1 amide bonds. The van der Waals surface area contributed by atoms with E-state index in [1.807, 2.05) is 5.32 Å². The Morgan fingerprint density at radius 3 is 2.16 bits per heavy atom. The number of carboxylic acid groups (broad SMARTS) is 1. The Bertz CT molecular complexity index is 670. The topological polar surface area (TPSA) is 119 Å². The number of Topliss-reactive ketones (excluding diaryl/α,β-unsaturated/α-hetero) is 1. The molecule has 138 valence electrons. The van der Waals surface area contributed by atoms with Crippen molar-refractivity contribution in [2.24, 2.45) is 5.73 Å². The number of aliphatic carboxylic acids is 1. The van der Waals surface area contributed by atoms with Crippen molar-refractivity contribution < 1.29 is 41.8 Å². The maximum Gasteiger partial charge on any atom is 0.305 e. The van der Waals surface area contributed by atoms with Crippen molar-refractivity contribution in [1.29, 1.82) is 0 Å². The molecule has 0 radical (unpaired) electrons. The van der Waals surface area contributed by atoms with E-state index in [-0.39, 0.29) is 6.07 Å². The molecule has 0 bridgehead atoms. The fourth-order valence-corrected chi connectivity index (χ4v) is 1.65. The van der Waals surface area contributed by atoms with Gasteiger partial charge in [0.25, 0.3) is 0 Å². The fraction of sp³-hybridized carbons (Fsp3) is 0.357. The van der Waals surface area contributed by atoms with Gasteiger partial charge in [0.2, 0.25) is 17.5 Å². The van der Waals surface area contributed by atoms with E-state index in [1.165, 1.54) is 6.92 Å². The number of ketones is 1. The summed E-state index contributed by atoms with van der Waals surface area (Å²) in [7, 11) is 0. The minimum absolute atomic E-state index is 0.0462. The van der Waals surface area contributed by atoms with Crippen LogP contribution in [-0.4, -0.2) is 41.5 Å². The minimum atomic E-state index is -1.86. The van der Waals surface area contributed by atoms with Crippen LogP contribution >= 0.6 is 0 Å². The third kappa shape index (κ3) is 5.41. The summed E-state index contributed by atoms with van der Waals surface area (Å²) in [6, 6.07) is -2.71. The third-order valence-corrected chi connectivity index (χ3v) is 2.93. The highest BCUT2D eigenvalue weighted by Crippen LogP contribution is 2.26. The number of carbonyl (C=O) groups is 3. The highest BCUT2D eigenvalue weighted by Gasteiger charge is 2.27. The Morgan fingerprint density at radius 1 is 1.20 bits per heavy atom. The fourth-order valence-electron chi connectivity index (χ4n) is 1.65. The van der Waals surface area contributed by atoms with Crippen molar-refractivity contribution in [1.82, 2.24) is 5.32 Å². The molecule has 0 saturated heterocycles. The minimum Gasteiger partial charge on any atom is -0.481 e. The quantitative estimate of drug-likeness (QED) is 0.455. The first kappa shape index (κ1) is 20.4. The molecule has 0 aliphatic carbocycles. The highest BCUT2D eigenvalue weighted by atomic mass is 19.2. The van der Waals surface area contributed by atoms with E-state index in [1.54, 1.807) is 0 Å². The molecule has 0 spiro atoms. The van der Waals surface area contributed by atoms with E-state index in [2.05, 4.69) is 4.74 Å². The van der Waals surface area contributed by atoms with Crippen molar-refractivity contribution in [3.05, 3.63) is 29.3 Å². The average Bonchev–Trinajstić information content (AvgIpc) is 2.51. The zero-order valence-corrected chi connectivity index (χ0v) is 12.8. The summed E-state index contributed by atoms with van der Waals surface area (Å²) in [4.78, 5) is 34.1. The van der Waals surface area contributed by atoms with Gasteiger partial charge in [-0.3, -0.25) is 14.4 Å². The van der Waals surface area contributed by atoms with E-state index < -0.39 is 71.8 Å². The summed E-state index contributed by atoms with van der Waals surface area (Å²) in [5.74, 6) is -12.1. The molecule has 0 fully saturated rings. The van der Waals surface area contributed by atoms with Gasteiger partial charge in [-0.1, -0.05) is 0 Å². The molecule has 25 heavy (non-hydrogen) atoms. The summed E-state index contributed by atoms with van der Waals surface area (Å²) in [5, 5.41) is 10.8. The first-order chi connectivity index (χ1) is 11.5. The maximum absolute atomic E-state index is 13.4. The normalized spacial score (nSPS) is 13.0. The van der Waals surface area contributed by atoms with Crippen molar-refractivity contribution in [2.75, 3.05) is 6.61 Å². The van der Waals surface area contributed by atoms with Gasteiger partial charge in [0.1, 0.15) is 12.6 Å². The standard InChI is InChI=1S/C14H14F4N2O5/c1-5(19)14(24)20-8(3-10(22)23)9(21)4-25-13-11(17)6(15)2-7(16)12(13)18/h2,5,8H,3-4,19H2,1H3,(H,20,24)(H,22,23)/t5-,8-/m0/s1. The SMILES string of the molecule is C[C@H](N)C(=O)N[C@@H](CC(=O)O)C(=O)COc1c(F)c(F)cc(F)c1F. The number of nitrogens with two attached hydrogens (primary N) is 1. The molecule has 0 aromatic heterocycles. The van der Waals surface area contributed by atoms with Gasteiger partial charge < -0.3 is 20.9 Å². The lowest BCUT2D eigenvalue weighted by Gasteiger charge is -2.18. The lowest BCUT2D eigenvalue weighted by Crippen LogP contribution is -2.49. The van der Waals surface area contributed by atoms with Gasteiger partial charge in [0.05, 0.1) is 12.5 Å². The van der Waals surface area contributed by atoms with Gasteiger partial charge in [-0.15, -0.1) is 0 Å². The van der Waals surface area contributed by atoms with Gasteiger partial charge in [-0.25, -0.2) is 8.78 Å². The second-order valence-electron chi connectivity index (χ2n) is 5.00. The number of hydrogen-bond acceptors (Lipinski definition) is 5. The molecule has 0 heterocycles. The van der Waals surface area contributed by atoms with Crippen LogP contribution in [0.1, 0.15) is 13.3 Å². The first-order valence-corrected chi connectivity index (χ1v) is 6.80. The van der Waals surface area contributed by atoms with E-state index in [4.69, 9.17) is 10.8 Å². The number of carboxylic acids is 1. The monoisotopic (exact) mass is 366 g/mol. The maximum atomic E-state index is 13.4. The third-order valence-electron chi connectivity index (χ3n) is 2.93. The molecule has 0 aliphatic heterocycles. The Morgan fingerprint density at radius 2 is 1.72 bits per heavy atom. The lowest BCUT2D eigenvalue weighted by molar-refractivity contribution is -0.140. The number of rotatable bonds is 8. The van der Waals surface area contributed by atoms with Gasteiger partial charge >= 0.3 is 5.97 Å². The Kier molecular flexibility index (Phi) is 6.86. The Labute approximate surface area is 138 Å². The molecule has 0 aliphatic rings. The molecule has 7 nitrogen and oxygen atoms in total. The number of hydrogen-bond donors (Lipinski definition) is 3. The van der Waals surface area contributed by atoms with Gasteiger partial charge in [-0.2, -0.15) is 8.78 Å². The molecule has 1 aromatic carbocycles. The van der Waals surface area contributed by atoms with Gasteiger partial charge in [-0.05, 0) is 6.92 Å². The van der Waals surface area contributed by atoms with E-state index in [9.17, 15) is 31.9 Å². The van der Waals surface area contributed by atoms with E-state index in [0.717, 1.165) is 0 Å². The van der Waals surface area contributed by atoms with Crippen LogP contribution in [0.3, 0.4) is 0 Å². The van der Waals surface area contributed by atoms with Crippen molar-refractivity contribution in [2.45, 2.75) is 25.4 Å². The van der Waals surface area contributed by atoms with Crippen molar-refractivity contribution in [3.8, 4) is 5.75 Å². The summed E-state index contributed by atoms with van der Waals surface area (Å²) < 4.78 is 57.4. The van der Waals surface area contributed by atoms with Crippen LogP contribution in [0.5, 0.6) is 5.75 Å². The number of halogens is 4. The second-order valence-corrected chi connectivity index (χ2v) is 5.00. The number of ether oxygens (including phenoxy) is 1. The van der Waals surface area contributed by atoms with Crippen LogP contribution in [0, 0.1) is 23.3 Å². The molecule has 0 unspecified atom stereocenters. The number of nitrogens with one attached hydrogen (secondary N) is 1. The highest BCUT2D eigenvalue weighted by molar-refractivity contribution is 5.93. The summed E-state index contributed by atoms with van der Waals surface area (Å²) in [6.45, 7) is 0.127. The van der Waals surface area contributed by atoms with Gasteiger partial charge in [0, 0.05) is 6.07 Å². The molecular formula is C14H14F4N2O5. The molecule has 2 atom stereocenters. The number of amides is 1. The van der Waals surface area contributed by atoms with Crippen LogP contribution in [0.15, 0.2) is 6.07 Å². The van der Waals surface area contributed by atoms with Crippen LogP contribution in [0.25, 0.3) is 0 Å². The average molecular weight is 366 g/mol. The summed E-state index contributed by atoms with van der Waals surface area (Å²) >= 11 is 0. The van der Waals surface area contributed by atoms with Crippen molar-refractivity contribution in [3.63, 3.8) is 0 Å². The predicted octanol–water partition coefficient (Wildman–Crippen LogP) is 0.498. The second kappa shape index (κ2) is 8.42. The molecular weight excluding hydrogens is 352 g/mol. The predicted molar refractivity (Wildman–Crippen MR) is 74.6 cm³/mol. The molecule has 0 saturated carbocycles. The summed E-state index contributed by atoms with van der Waals surface area (Å²) in [5.41, 5.74) is 5.27. The van der Waals surface area contributed by atoms with E-state index >= 15 is 0 Å². The van der Waals surface area contributed by atoms with Crippen LogP contribution in [-0.2, 0) is 14.4 Å². The molecule has 1 aromatic rings. The Balaban J connectivity index is 2.91. The smallest absolute Gasteiger partial charge is 0.305 e. The molecule has 11 heteroatoms. The van der Waals surface area contributed by atoms with Gasteiger partial charge in [0.15, 0.2) is 23.2 Å². The lowest BCUT2D eigenvalue weighted by atomic mass is 10.1. The van der Waals surface area contributed by atoms with Crippen LogP contribution in [0.4, 0.5) is 17.6 Å². The number of benzene rings is 1. The number of carbonyl (C=O) groups excluding carboxylic acids is 2. The zero-order chi connectivity index (χ0) is 19.3. The van der Waals surface area contributed by atoms with E-state index in [0.29, 0.717) is 0 Å². The van der Waals surface area contributed by atoms with Crippen LogP contribution < -0.4 is 15.8 Å². The largest absolute Gasteiger partial charge is 0.481 e. The summed E-state index contributed by atoms with van der Waals surface area (Å²) in [6.07, 6.45) is -0.858. The molecule has 4 N–H and O–H groups in total. The Hall–Kier alpha value is -2.69. The van der Waals surface area contributed by atoms with Crippen molar-refractivity contribution >= 4 is 17.7 Å². The molecule has 1 rings (SSSR count).